The van der Waals surface area contributed by atoms with Crippen LogP contribution in [-0.2, 0) is 13.0 Å². The van der Waals surface area contributed by atoms with Crippen molar-refractivity contribution >= 4 is 5.91 Å². The number of benzene rings is 2. The Morgan fingerprint density at radius 1 is 1.19 bits per heavy atom. The number of carbonyl (C=O) groups is 1. The van der Waals surface area contributed by atoms with Crippen molar-refractivity contribution in [3.8, 4) is 0 Å². The minimum atomic E-state index is -0.00272. The molecule has 1 aromatic heterocycles. The maximum atomic E-state index is 12.7. The van der Waals surface area contributed by atoms with Gasteiger partial charge in [-0.05, 0) is 55.0 Å². The lowest BCUT2D eigenvalue weighted by Gasteiger charge is -2.26. The second-order valence-corrected chi connectivity index (χ2v) is 6.92. The van der Waals surface area contributed by atoms with Gasteiger partial charge in [0.05, 0.1) is 6.04 Å². The molecule has 0 bridgehead atoms. The first-order valence-corrected chi connectivity index (χ1v) is 9.16. The minimum Gasteiger partial charge on any atom is -0.345 e. The van der Waals surface area contributed by atoms with Crippen molar-refractivity contribution in [2.45, 2.75) is 38.8 Å². The molecule has 4 rings (SSSR count). The molecule has 0 unspecified atom stereocenters. The van der Waals surface area contributed by atoms with Gasteiger partial charge in [0.25, 0.3) is 5.91 Å². The highest BCUT2D eigenvalue weighted by Gasteiger charge is 2.21. The summed E-state index contributed by atoms with van der Waals surface area (Å²) in [6, 6.07) is 16.4. The Balaban J connectivity index is 1.45. The van der Waals surface area contributed by atoms with Crippen molar-refractivity contribution in [1.82, 2.24) is 14.9 Å². The molecule has 1 atom stereocenters. The maximum Gasteiger partial charge on any atom is 0.251 e. The molecule has 1 amide bonds. The standard InChI is InChI=1S/C22H23N3O/c1-16-23-13-14-25(16)15-17-9-11-19(12-10-17)22(26)24-21-8-4-6-18-5-2-3-7-20(18)21/h2-3,5,7,9-14,21H,4,6,8,15H2,1H3,(H,24,26)/t21-/m0/s1. The lowest BCUT2D eigenvalue weighted by Crippen LogP contribution is -2.30. The summed E-state index contributed by atoms with van der Waals surface area (Å²) in [6.45, 7) is 2.76. The summed E-state index contributed by atoms with van der Waals surface area (Å²) in [5.41, 5.74) is 4.49. The van der Waals surface area contributed by atoms with Gasteiger partial charge in [0.1, 0.15) is 5.82 Å². The average molecular weight is 345 g/mol. The lowest BCUT2D eigenvalue weighted by atomic mass is 9.87. The minimum absolute atomic E-state index is 0.00272. The fourth-order valence-corrected chi connectivity index (χ4v) is 3.67. The zero-order chi connectivity index (χ0) is 17.9. The molecule has 1 aliphatic rings. The van der Waals surface area contributed by atoms with Gasteiger partial charge in [0, 0.05) is 24.5 Å². The van der Waals surface area contributed by atoms with Gasteiger partial charge in [0.15, 0.2) is 0 Å². The van der Waals surface area contributed by atoms with Crippen molar-refractivity contribution in [3.05, 3.63) is 89.0 Å². The number of nitrogens with one attached hydrogen (secondary N) is 1. The summed E-state index contributed by atoms with van der Waals surface area (Å²) >= 11 is 0. The molecule has 0 aliphatic heterocycles. The average Bonchev–Trinajstić information content (AvgIpc) is 3.07. The fraction of sp³-hybridized carbons (Fsp3) is 0.273. The van der Waals surface area contributed by atoms with Crippen molar-refractivity contribution in [2.75, 3.05) is 0 Å². The second-order valence-electron chi connectivity index (χ2n) is 6.92. The summed E-state index contributed by atoms with van der Waals surface area (Å²) in [4.78, 5) is 16.9. The van der Waals surface area contributed by atoms with Crippen molar-refractivity contribution in [1.29, 1.82) is 0 Å². The highest BCUT2D eigenvalue weighted by molar-refractivity contribution is 5.94. The van der Waals surface area contributed by atoms with Gasteiger partial charge >= 0.3 is 0 Å². The van der Waals surface area contributed by atoms with Crippen LogP contribution in [-0.4, -0.2) is 15.5 Å². The van der Waals surface area contributed by atoms with Gasteiger partial charge < -0.3 is 9.88 Å². The Hall–Kier alpha value is -2.88. The van der Waals surface area contributed by atoms with E-state index in [0.29, 0.717) is 5.56 Å². The molecular weight excluding hydrogens is 322 g/mol. The smallest absolute Gasteiger partial charge is 0.251 e. The van der Waals surface area contributed by atoms with Gasteiger partial charge in [-0.1, -0.05) is 36.4 Å². The van der Waals surface area contributed by atoms with Gasteiger partial charge in [-0.15, -0.1) is 0 Å². The zero-order valence-corrected chi connectivity index (χ0v) is 15.0. The van der Waals surface area contributed by atoms with Crippen LogP contribution in [0.5, 0.6) is 0 Å². The molecule has 4 heteroatoms. The van der Waals surface area contributed by atoms with Crippen LogP contribution in [0.2, 0.25) is 0 Å². The third-order valence-corrected chi connectivity index (χ3v) is 5.17. The number of amides is 1. The zero-order valence-electron chi connectivity index (χ0n) is 15.0. The van der Waals surface area contributed by atoms with Crippen molar-refractivity contribution < 1.29 is 4.79 Å². The first kappa shape index (κ1) is 16.6. The molecule has 3 aromatic rings. The Morgan fingerprint density at radius 3 is 2.77 bits per heavy atom. The quantitative estimate of drug-likeness (QED) is 0.775. The van der Waals surface area contributed by atoms with Gasteiger partial charge in [0.2, 0.25) is 0 Å². The molecule has 0 fully saturated rings. The number of hydrogen-bond donors (Lipinski definition) is 1. The van der Waals surface area contributed by atoms with Crippen LogP contribution in [0.25, 0.3) is 0 Å². The van der Waals surface area contributed by atoms with Crippen LogP contribution < -0.4 is 5.32 Å². The van der Waals surface area contributed by atoms with E-state index in [1.54, 1.807) is 6.20 Å². The van der Waals surface area contributed by atoms with Crippen LogP contribution in [0.3, 0.4) is 0 Å². The number of aryl methyl sites for hydroxylation is 2. The molecule has 0 radical (unpaired) electrons. The number of hydrogen-bond acceptors (Lipinski definition) is 2. The molecular formula is C22H23N3O. The van der Waals surface area contributed by atoms with Crippen LogP contribution in [0, 0.1) is 6.92 Å². The summed E-state index contributed by atoms with van der Waals surface area (Å²) in [5.74, 6) is 0.986. The first-order valence-electron chi connectivity index (χ1n) is 9.16. The lowest BCUT2D eigenvalue weighted by molar-refractivity contribution is 0.0932. The molecule has 1 heterocycles. The predicted molar refractivity (Wildman–Crippen MR) is 102 cm³/mol. The molecule has 0 spiro atoms. The maximum absolute atomic E-state index is 12.7. The van der Waals surface area contributed by atoms with E-state index < -0.39 is 0 Å². The topological polar surface area (TPSA) is 46.9 Å². The second kappa shape index (κ2) is 7.16. The Kier molecular flexibility index (Phi) is 4.57. The van der Waals surface area contributed by atoms with Gasteiger partial charge in [-0.25, -0.2) is 4.98 Å². The number of fused-ring (bicyclic) bond motifs is 1. The first-order chi connectivity index (χ1) is 12.7. The molecule has 1 aliphatic carbocycles. The highest BCUT2D eigenvalue weighted by atomic mass is 16.1. The highest BCUT2D eigenvalue weighted by Crippen LogP contribution is 2.29. The Bertz CT molecular complexity index is 911. The largest absolute Gasteiger partial charge is 0.345 e. The van der Waals surface area contributed by atoms with Crippen molar-refractivity contribution in [3.63, 3.8) is 0 Å². The predicted octanol–water partition coefficient (Wildman–Crippen LogP) is 4.05. The summed E-state index contributed by atoms with van der Waals surface area (Å²) < 4.78 is 2.09. The normalized spacial score (nSPS) is 16.1. The number of nitrogens with zero attached hydrogens (tertiary/aromatic N) is 2. The van der Waals surface area contributed by atoms with Crippen molar-refractivity contribution in [2.24, 2.45) is 0 Å². The number of imidazole rings is 1. The van der Waals surface area contributed by atoms with Gasteiger partial charge in [-0.3, -0.25) is 4.79 Å². The number of aromatic nitrogens is 2. The van der Waals surface area contributed by atoms with Crippen LogP contribution in [0.1, 0.15) is 51.8 Å². The van der Waals surface area contributed by atoms with E-state index in [0.717, 1.165) is 37.2 Å². The number of rotatable bonds is 4. The van der Waals surface area contributed by atoms with E-state index in [2.05, 4.69) is 39.1 Å². The Morgan fingerprint density at radius 2 is 2.00 bits per heavy atom. The molecule has 1 N–H and O–H groups in total. The molecule has 132 valence electrons. The van der Waals surface area contributed by atoms with Crippen LogP contribution in [0.4, 0.5) is 0 Å². The van der Waals surface area contributed by atoms with E-state index >= 15 is 0 Å². The Labute approximate surface area is 153 Å². The van der Waals surface area contributed by atoms with Crippen LogP contribution in [0.15, 0.2) is 60.9 Å². The summed E-state index contributed by atoms with van der Waals surface area (Å²) in [6.07, 6.45) is 6.99. The fourth-order valence-electron chi connectivity index (χ4n) is 3.67. The summed E-state index contributed by atoms with van der Waals surface area (Å²) in [5, 5.41) is 3.21. The SMILES string of the molecule is Cc1nccn1Cc1ccc(C(=O)N[C@H]2CCCc3ccccc32)cc1. The summed E-state index contributed by atoms with van der Waals surface area (Å²) in [7, 11) is 0. The molecule has 2 aromatic carbocycles. The molecule has 4 nitrogen and oxygen atoms in total. The van der Waals surface area contributed by atoms with E-state index in [1.807, 2.05) is 37.4 Å². The van der Waals surface area contributed by atoms with Crippen LogP contribution >= 0.6 is 0 Å². The number of carbonyl (C=O) groups excluding carboxylic acids is 1. The van der Waals surface area contributed by atoms with E-state index in [4.69, 9.17) is 0 Å². The van der Waals surface area contributed by atoms with E-state index in [-0.39, 0.29) is 11.9 Å². The molecule has 0 saturated heterocycles. The third-order valence-electron chi connectivity index (χ3n) is 5.17. The van der Waals surface area contributed by atoms with E-state index in [9.17, 15) is 4.79 Å². The molecule has 0 saturated carbocycles. The third kappa shape index (κ3) is 3.40. The van der Waals surface area contributed by atoms with Gasteiger partial charge in [-0.2, -0.15) is 0 Å². The molecule has 26 heavy (non-hydrogen) atoms. The monoisotopic (exact) mass is 345 g/mol. The van der Waals surface area contributed by atoms with E-state index in [1.165, 1.54) is 11.1 Å².